The Morgan fingerprint density at radius 2 is 2.20 bits per heavy atom. The molecule has 0 bridgehead atoms. The van der Waals surface area contributed by atoms with Gasteiger partial charge in [-0.05, 0) is 24.5 Å². The van der Waals surface area contributed by atoms with E-state index < -0.39 is 5.60 Å². The summed E-state index contributed by atoms with van der Waals surface area (Å²) in [4.78, 5) is 14.2. The Morgan fingerprint density at radius 3 is 2.95 bits per heavy atom. The lowest BCUT2D eigenvalue weighted by atomic mass is 9.87. The Balaban J connectivity index is 1.61. The highest BCUT2D eigenvalue weighted by molar-refractivity contribution is 5.81. The zero-order chi connectivity index (χ0) is 14.2. The molecule has 1 N–H and O–H groups in total. The number of rotatable bonds is 3. The molecule has 0 spiro atoms. The zero-order valence-electron chi connectivity index (χ0n) is 11.8. The number of β-amino-alcohol motifs (C(OH)–C–C–N with tert-alkyl or cyclic N) is 1. The van der Waals surface area contributed by atoms with E-state index in [1.165, 1.54) is 0 Å². The minimum absolute atomic E-state index is 0.111. The van der Waals surface area contributed by atoms with E-state index in [1.54, 1.807) is 4.90 Å². The maximum atomic E-state index is 12.4. The molecular formula is C16H21NO3. The van der Waals surface area contributed by atoms with E-state index in [0.29, 0.717) is 19.7 Å². The summed E-state index contributed by atoms with van der Waals surface area (Å²) in [6, 6.07) is 7.87. The molecule has 0 radical (unpaired) electrons. The first-order valence-corrected chi connectivity index (χ1v) is 7.33. The molecule has 0 aliphatic carbocycles. The van der Waals surface area contributed by atoms with Crippen molar-refractivity contribution >= 4 is 5.91 Å². The molecule has 1 saturated heterocycles. The van der Waals surface area contributed by atoms with E-state index in [0.717, 1.165) is 30.6 Å². The Bertz CT molecular complexity index is 508. The lowest BCUT2D eigenvalue weighted by Gasteiger charge is -2.48. The molecule has 1 aromatic carbocycles. The fraction of sp³-hybridized carbons (Fsp3) is 0.562. The molecule has 0 aromatic heterocycles. The first kappa shape index (κ1) is 13.4. The Morgan fingerprint density at radius 1 is 1.45 bits per heavy atom. The molecular weight excluding hydrogens is 254 g/mol. The van der Waals surface area contributed by atoms with E-state index in [2.05, 4.69) is 0 Å². The van der Waals surface area contributed by atoms with Crippen molar-refractivity contribution in [2.75, 3.05) is 19.7 Å². The molecule has 0 saturated carbocycles. The smallest absolute Gasteiger partial charge is 0.229 e. The third-order valence-corrected chi connectivity index (χ3v) is 4.23. The van der Waals surface area contributed by atoms with Crippen molar-refractivity contribution in [3.63, 3.8) is 0 Å². The van der Waals surface area contributed by atoms with E-state index in [9.17, 15) is 9.90 Å². The van der Waals surface area contributed by atoms with Gasteiger partial charge in [0.05, 0.1) is 24.6 Å². The second-order valence-corrected chi connectivity index (χ2v) is 5.99. The molecule has 1 aromatic rings. The lowest BCUT2D eigenvalue weighted by molar-refractivity contribution is -0.162. The number of carbonyl (C=O) groups excluding carboxylic acids is 1. The fourth-order valence-corrected chi connectivity index (χ4v) is 3.19. The Kier molecular flexibility index (Phi) is 3.42. The van der Waals surface area contributed by atoms with Crippen LogP contribution in [0.2, 0.25) is 0 Å². The van der Waals surface area contributed by atoms with Crippen molar-refractivity contribution in [1.82, 2.24) is 4.90 Å². The summed E-state index contributed by atoms with van der Waals surface area (Å²) in [6.07, 6.45) is 2.44. The van der Waals surface area contributed by atoms with Crippen molar-refractivity contribution in [2.24, 2.45) is 5.92 Å². The standard InChI is InChI=1S/C16H21NO3/c1-2-7-16(19)10-17(11-16)15(18)13-8-12-5-3-4-6-14(12)20-9-13/h3-6,13,19H,2,7-11H2,1H3. The number of para-hydroxylation sites is 1. The number of ether oxygens (including phenoxy) is 1. The molecule has 1 fully saturated rings. The van der Waals surface area contributed by atoms with E-state index >= 15 is 0 Å². The third-order valence-electron chi connectivity index (χ3n) is 4.23. The second kappa shape index (κ2) is 5.09. The molecule has 1 atom stereocenters. The topological polar surface area (TPSA) is 49.8 Å². The van der Waals surface area contributed by atoms with Gasteiger partial charge in [-0.2, -0.15) is 0 Å². The van der Waals surface area contributed by atoms with Gasteiger partial charge in [0.15, 0.2) is 0 Å². The third kappa shape index (κ3) is 2.40. The van der Waals surface area contributed by atoms with Crippen molar-refractivity contribution in [1.29, 1.82) is 0 Å². The van der Waals surface area contributed by atoms with Crippen LogP contribution in [-0.2, 0) is 11.2 Å². The SMILES string of the molecule is CCCC1(O)CN(C(=O)C2COc3ccccc3C2)C1. The molecule has 20 heavy (non-hydrogen) atoms. The van der Waals surface area contributed by atoms with Gasteiger partial charge < -0.3 is 14.7 Å². The second-order valence-electron chi connectivity index (χ2n) is 5.99. The van der Waals surface area contributed by atoms with Crippen molar-refractivity contribution in [2.45, 2.75) is 31.8 Å². The largest absolute Gasteiger partial charge is 0.492 e. The quantitative estimate of drug-likeness (QED) is 0.912. The molecule has 3 rings (SSSR count). The minimum atomic E-state index is -0.655. The van der Waals surface area contributed by atoms with Crippen LogP contribution in [0.5, 0.6) is 5.75 Å². The zero-order valence-corrected chi connectivity index (χ0v) is 11.8. The summed E-state index contributed by atoms with van der Waals surface area (Å²) >= 11 is 0. The van der Waals surface area contributed by atoms with E-state index in [-0.39, 0.29) is 11.8 Å². The molecule has 108 valence electrons. The maximum Gasteiger partial charge on any atom is 0.229 e. The van der Waals surface area contributed by atoms with Gasteiger partial charge in [-0.3, -0.25) is 4.79 Å². The number of fused-ring (bicyclic) bond motifs is 1. The predicted octanol–water partition coefficient (Wildman–Crippen LogP) is 1.61. The average Bonchev–Trinajstić information content (AvgIpc) is 2.43. The van der Waals surface area contributed by atoms with Gasteiger partial charge in [0, 0.05) is 0 Å². The molecule has 4 nitrogen and oxygen atoms in total. The lowest BCUT2D eigenvalue weighted by Crippen LogP contribution is -2.64. The number of hydrogen-bond acceptors (Lipinski definition) is 3. The first-order valence-electron chi connectivity index (χ1n) is 7.33. The van der Waals surface area contributed by atoms with Crippen LogP contribution in [0.3, 0.4) is 0 Å². The van der Waals surface area contributed by atoms with Crippen LogP contribution in [-0.4, -0.2) is 41.2 Å². The highest BCUT2D eigenvalue weighted by Crippen LogP contribution is 2.31. The highest BCUT2D eigenvalue weighted by Gasteiger charge is 2.44. The molecule has 2 aliphatic rings. The molecule has 4 heteroatoms. The van der Waals surface area contributed by atoms with Gasteiger partial charge in [0.25, 0.3) is 0 Å². The van der Waals surface area contributed by atoms with Gasteiger partial charge >= 0.3 is 0 Å². The van der Waals surface area contributed by atoms with E-state index in [1.807, 2.05) is 31.2 Å². The number of amides is 1. The summed E-state index contributed by atoms with van der Waals surface area (Å²) in [5.41, 5.74) is 0.444. The number of nitrogens with zero attached hydrogens (tertiary/aromatic N) is 1. The van der Waals surface area contributed by atoms with Gasteiger partial charge in [-0.1, -0.05) is 31.5 Å². The first-order chi connectivity index (χ1) is 9.61. The van der Waals surface area contributed by atoms with Gasteiger partial charge in [0.2, 0.25) is 5.91 Å². The normalized spacial score (nSPS) is 23.5. The van der Waals surface area contributed by atoms with Gasteiger partial charge in [-0.25, -0.2) is 0 Å². The number of carbonyl (C=O) groups is 1. The summed E-state index contributed by atoms with van der Waals surface area (Å²) in [7, 11) is 0. The van der Waals surface area contributed by atoms with Crippen molar-refractivity contribution < 1.29 is 14.6 Å². The van der Waals surface area contributed by atoms with Crippen LogP contribution < -0.4 is 4.74 Å². The van der Waals surface area contributed by atoms with Gasteiger partial charge in [-0.15, -0.1) is 0 Å². The summed E-state index contributed by atoms with van der Waals surface area (Å²) in [5.74, 6) is 0.888. The van der Waals surface area contributed by atoms with Crippen LogP contribution in [0.4, 0.5) is 0 Å². The predicted molar refractivity (Wildman–Crippen MR) is 75.6 cm³/mol. The highest BCUT2D eigenvalue weighted by atomic mass is 16.5. The number of hydrogen-bond donors (Lipinski definition) is 1. The minimum Gasteiger partial charge on any atom is -0.492 e. The molecule has 2 aliphatic heterocycles. The maximum absolute atomic E-state index is 12.4. The monoisotopic (exact) mass is 275 g/mol. The van der Waals surface area contributed by atoms with Crippen molar-refractivity contribution in [3.8, 4) is 5.75 Å². The number of aliphatic hydroxyl groups is 1. The summed E-state index contributed by atoms with van der Waals surface area (Å²) < 4.78 is 5.67. The Labute approximate surface area is 119 Å². The van der Waals surface area contributed by atoms with Crippen LogP contribution in [0.15, 0.2) is 24.3 Å². The summed E-state index contributed by atoms with van der Waals surface area (Å²) in [5, 5.41) is 10.2. The number of benzene rings is 1. The van der Waals surface area contributed by atoms with Crippen LogP contribution in [0, 0.1) is 5.92 Å². The van der Waals surface area contributed by atoms with Gasteiger partial charge in [0.1, 0.15) is 12.4 Å². The fourth-order valence-electron chi connectivity index (χ4n) is 3.19. The van der Waals surface area contributed by atoms with Crippen LogP contribution in [0.25, 0.3) is 0 Å². The van der Waals surface area contributed by atoms with Crippen molar-refractivity contribution in [3.05, 3.63) is 29.8 Å². The van der Waals surface area contributed by atoms with E-state index in [4.69, 9.17) is 4.74 Å². The van der Waals surface area contributed by atoms with Crippen LogP contribution >= 0.6 is 0 Å². The Hall–Kier alpha value is -1.55. The van der Waals surface area contributed by atoms with Crippen LogP contribution in [0.1, 0.15) is 25.3 Å². The average molecular weight is 275 g/mol. The summed E-state index contributed by atoms with van der Waals surface area (Å²) in [6.45, 7) is 3.43. The molecule has 1 amide bonds. The molecule has 2 heterocycles. The number of likely N-dealkylation sites (tertiary alicyclic amines) is 1. The molecule has 1 unspecified atom stereocenters.